The molecule has 2 aliphatic rings. The van der Waals surface area contributed by atoms with Gasteiger partial charge in [0.1, 0.15) is 18.0 Å². The van der Waals surface area contributed by atoms with Crippen LogP contribution in [0.3, 0.4) is 0 Å². The van der Waals surface area contributed by atoms with Crippen LogP contribution in [0.4, 0.5) is 0 Å². The van der Waals surface area contributed by atoms with Crippen molar-refractivity contribution in [3.05, 3.63) is 53.2 Å². The number of piperazine rings is 1. The van der Waals surface area contributed by atoms with Gasteiger partial charge < -0.3 is 34.9 Å². The molecule has 2 aliphatic heterocycles. The SMILES string of the molecule is CC(C)(C)OC(=O)c1c[nH]c2cc(Cl)c(-c3ccc(OCCNCCN4CCC(CN5CCNCC5)CC4)cc3)cc12. The molecule has 9 heteroatoms. The predicted octanol–water partition coefficient (Wildman–Crippen LogP) is 5.03. The number of H-pyrrole nitrogens is 1. The van der Waals surface area contributed by atoms with Crippen molar-refractivity contribution < 1.29 is 14.3 Å². The molecular formula is C33H46ClN5O3. The summed E-state index contributed by atoms with van der Waals surface area (Å²) >= 11 is 6.62. The van der Waals surface area contributed by atoms with Crippen LogP contribution in [-0.2, 0) is 4.74 Å². The fraction of sp³-hybridized carbons (Fsp3) is 0.545. The minimum Gasteiger partial charge on any atom is -0.492 e. The predicted molar refractivity (Wildman–Crippen MR) is 171 cm³/mol. The van der Waals surface area contributed by atoms with E-state index in [4.69, 9.17) is 21.1 Å². The van der Waals surface area contributed by atoms with Gasteiger partial charge in [-0.3, -0.25) is 0 Å². The summed E-state index contributed by atoms with van der Waals surface area (Å²) in [5.41, 5.74) is 2.55. The number of fused-ring (bicyclic) bond motifs is 1. The lowest BCUT2D eigenvalue weighted by molar-refractivity contribution is 0.00719. The van der Waals surface area contributed by atoms with Crippen LogP contribution in [0.1, 0.15) is 44.0 Å². The van der Waals surface area contributed by atoms with E-state index in [9.17, 15) is 4.79 Å². The number of nitrogens with zero attached hydrogens (tertiary/aromatic N) is 2. The van der Waals surface area contributed by atoms with Crippen LogP contribution in [0.2, 0.25) is 5.02 Å². The molecule has 0 radical (unpaired) electrons. The fourth-order valence-electron chi connectivity index (χ4n) is 5.85. The molecule has 0 aliphatic carbocycles. The number of rotatable bonds is 11. The third-order valence-electron chi connectivity index (χ3n) is 8.14. The topological polar surface area (TPSA) is 81.9 Å². The number of likely N-dealkylation sites (tertiary alicyclic amines) is 1. The van der Waals surface area contributed by atoms with Crippen molar-refractivity contribution in [3.8, 4) is 16.9 Å². The molecule has 3 N–H and O–H groups in total. The third kappa shape index (κ3) is 8.48. The Morgan fingerprint density at radius 2 is 1.76 bits per heavy atom. The second-order valence-corrected chi connectivity index (χ2v) is 12.9. The number of benzene rings is 2. The van der Waals surface area contributed by atoms with Gasteiger partial charge in [-0.2, -0.15) is 0 Å². The number of carbonyl (C=O) groups excluding carboxylic acids is 1. The zero-order chi connectivity index (χ0) is 29.5. The van der Waals surface area contributed by atoms with Crippen LogP contribution in [0.5, 0.6) is 5.75 Å². The lowest BCUT2D eigenvalue weighted by Crippen LogP contribution is -2.47. The van der Waals surface area contributed by atoms with E-state index in [1.807, 2.05) is 57.2 Å². The Kier molecular flexibility index (Phi) is 10.4. The summed E-state index contributed by atoms with van der Waals surface area (Å²) in [6.45, 7) is 17.5. The first-order valence-electron chi connectivity index (χ1n) is 15.4. The summed E-state index contributed by atoms with van der Waals surface area (Å²) in [6.07, 6.45) is 4.32. The highest BCUT2D eigenvalue weighted by atomic mass is 35.5. The summed E-state index contributed by atoms with van der Waals surface area (Å²) in [4.78, 5) is 21.1. The largest absolute Gasteiger partial charge is 0.492 e. The van der Waals surface area contributed by atoms with Crippen molar-refractivity contribution >= 4 is 28.5 Å². The number of ether oxygens (including phenoxy) is 2. The molecule has 2 saturated heterocycles. The lowest BCUT2D eigenvalue weighted by Gasteiger charge is -2.36. The average Bonchev–Trinajstić information content (AvgIpc) is 3.38. The van der Waals surface area contributed by atoms with Crippen molar-refractivity contribution in [2.24, 2.45) is 5.92 Å². The summed E-state index contributed by atoms with van der Waals surface area (Å²) in [6, 6.07) is 11.7. The Morgan fingerprint density at radius 1 is 1.02 bits per heavy atom. The summed E-state index contributed by atoms with van der Waals surface area (Å²) in [5.74, 6) is 1.32. The van der Waals surface area contributed by atoms with E-state index in [1.54, 1.807) is 6.20 Å². The van der Waals surface area contributed by atoms with Crippen LogP contribution in [0, 0.1) is 5.92 Å². The molecule has 228 valence electrons. The summed E-state index contributed by atoms with van der Waals surface area (Å²) in [5, 5.41) is 8.37. The van der Waals surface area contributed by atoms with Crippen molar-refractivity contribution in [2.75, 3.05) is 72.1 Å². The number of esters is 1. The molecular weight excluding hydrogens is 550 g/mol. The quantitative estimate of drug-likeness (QED) is 0.212. The molecule has 3 aromatic rings. The van der Waals surface area contributed by atoms with E-state index in [0.29, 0.717) is 17.2 Å². The van der Waals surface area contributed by atoms with Crippen molar-refractivity contribution in [1.82, 2.24) is 25.4 Å². The van der Waals surface area contributed by atoms with E-state index in [2.05, 4.69) is 25.4 Å². The molecule has 2 aromatic carbocycles. The number of hydrogen-bond donors (Lipinski definition) is 3. The smallest absolute Gasteiger partial charge is 0.340 e. The molecule has 0 saturated carbocycles. The Balaban J connectivity index is 1.04. The highest BCUT2D eigenvalue weighted by Gasteiger charge is 2.23. The minimum atomic E-state index is -0.566. The summed E-state index contributed by atoms with van der Waals surface area (Å²) in [7, 11) is 0. The van der Waals surface area contributed by atoms with Crippen molar-refractivity contribution in [2.45, 2.75) is 39.2 Å². The molecule has 1 aromatic heterocycles. The zero-order valence-electron chi connectivity index (χ0n) is 25.3. The molecule has 3 heterocycles. The number of piperidine rings is 1. The van der Waals surface area contributed by atoms with E-state index in [0.717, 1.165) is 66.4 Å². The fourth-order valence-corrected chi connectivity index (χ4v) is 6.12. The number of nitrogens with one attached hydrogen (secondary N) is 3. The van der Waals surface area contributed by atoms with Gasteiger partial charge in [-0.05, 0) is 82.4 Å². The van der Waals surface area contributed by atoms with Crippen molar-refractivity contribution in [1.29, 1.82) is 0 Å². The molecule has 5 rings (SSSR count). The maximum Gasteiger partial charge on any atom is 0.340 e. The van der Waals surface area contributed by atoms with E-state index < -0.39 is 5.60 Å². The third-order valence-corrected chi connectivity index (χ3v) is 8.45. The second kappa shape index (κ2) is 14.2. The lowest BCUT2D eigenvalue weighted by atomic mass is 9.96. The first-order chi connectivity index (χ1) is 20.2. The molecule has 2 fully saturated rings. The Bertz CT molecular complexity index is 1310. The van der Waals surface area contributed by atoms with E-state index in [-0.39, 0.29) is 5.97 Å². The second-order valence-electron chi connectivity index (χ2n) is 12.5. The number of hydrogen-bond acceptors (Lipinski definition) is 7. The Hall–Kier alpha value is -2.62. The molecule has 0 unspecified atom stereocenters. The van der Waals surface area contributed by atoms with E-state index >= 15 is 0 Å². The highest BCUT2D eigenvalue weighted by molar-refractivity contribution is 6.34. The molecule has 0 spiro atoms. The highest BCUT2D eigenvalue weighted by Crippen LogP contribution is 2.34. The van der Waals surface area contributed by atoms with Crippen molar-refractivity contribution in [3.63, 3.8) is 0 Å². The Morgan fingerprint density at radius 3 is 2.48 bits per heavy atom. The molecule has 0 bridgehead atoms. The number of halogens is 1. The average molecular weight is 596 g/mol. The van der Waals surface area contributed by atoms with Gasteiger partial charge in [-0.25, -0.2) is 4.79 Å². The number of carbonyl (C=O) groups is 1. The monoisotopic (exact) mass is 595 g/mol. The van der Waals surface area contributed by atoms with E-state index in [1.165, 1.54) is 45.6 Å². The van der Waals surface area contributed by atoms with Gasteiger partial charge in [-0.15, -0.1) is 0 Å². The van der Waals surface area contributed by atoms with Gasteiger partial charge in [0, 0.05) is 75.0 Å². The first kappa shape index (κ1) is 30.8. The van der Waals surface area contributed by atoms with Gasteiger partial charge in [0.05, 0.1) is 10.6 Å². The molecule has 8 nitrogen and oxygen atoms in total. The Labute approximate surface area is 255 Å². The normalized spacial score (nSPS) is 17.5. The number of aromatic nitrogens is 1. The van der Waals surface area contributed by atoms with Gasteiger partial charge in [0.15, 0.2) is 0 Å². The molecule has 0 amide bonds. The maximum atomic E-state index is 12.7. The maximum absolute atomic E-state index is 12.7. The summed E-state index contributed by atoms with van der Waals surface area (Å²) < 4.78 is 11.6. The van der Waals surface area contributed by atoms with Crippen LogP contribution < -0.4 is 15.4 Å². The van der Waals surface area contributed by atoms with Crippen LogP contribution >= 0.6 is 11.6 Å². The number of aromatic amines is 1. The molecule has 0 atom stereocenters. The van der Waals surface area contributed by atoms with Gasteiger partial charge in [0.2, 0.25) is 0 Å². The first-order valence-corrected chi connectivity index (χ1v) is 15.8. The van der Waals surface area contributed by atoms with Gasteiger partial charge in [-0.1, -0.05) is 23.7 Å². The van der Waals surface area contributed by atoms with Crippen LogP contribution in [0.25, 0.3) is 22.0 Å². The van der Waals surface area contributed by atoms with Gasteiger partial charge in [0.25, 0.3) is 0 Å². The van der Waals surface area contributed by atoms with Crippen LogP contribution in [0.15, 0.2) is 42.6 Å². The van der Waals surface area contributed by atoms with Crippen LogP contribution in [-0.4, -0.2) is 98.4 Å². The minimum absolute atomic E-state index is 0.356. The zero-order valence-corrected chi connectivity index (χ0v) is 26.1. The van der Waals surface area contributed by atoms with Gasteiger partial charge >= 0.3 is 5.97 Å². The molecule has 42 heavy (non-hydrogen) atoms. The standard InChI is InChI=1S/C33H46ClN5O3/c1-33(2,3)42-32(40)29-22-37-31-21-30(34)27(20-28(29)31)25-4-6-26(7-5-25)41-19-13-36-10-16-38-14-8-24(9-15-38)23-39-17-11-35-12-18-39/h4-7,20-22,24,35-37H,8-19,23H2,1-3H3.